The molecule has 164 valence electrons. The Hall–Kier alpha value is -4.92. The quantitative estimate of drug-likeness (QED) is 0.202. The molecule has 0 bridgehead atoms. The number of para-hydroxylation sites is 1. The fourth-order valence-electron chi connectivity index (χ4n) is 2.84. The van der Waals surface area contributed by atoms with Gasteiger partial charge in [0.2, 0.25) is 5.95 Å². The molecule has 1 aromatic heterocycles. The average Bonchev–Trinajstić information content (AvgIpc) is 2.80. The molecule has 0 aliphatic rings. The molecule has 0 aliphatic heterocycles. The summed E-state index contributed by atoms with van der Waals surface area (Å²) in [4.78, 5) is 8.81. The molecule has 9 nitrogen and oxygen atoms in total. The number of nitrogens with zero attached hydrogens (tertiary/aromatic N) is 4. The molecular formula is C24H21N7O2. The first-order chi connectivity index (χ1) is 16.1. The molecule has 0 saturated heterocycles. The lowest BCUT2D eigenvalue weighted by Gasteiger charge is -2.09. The van der Waals surface area contributed by atoms with Gasteiger partial charge in [-0.2, -0.15) is 20.2 Å². The summed E-state index contributed by atoms with van der Waals surface area (Å²) < 4.78 is 0. The average molecular weight is 439 g/mol. The van der Waals surface area contributed by atoms with Gasteiger partial charge >= 0.3 is 0 Å². The molecule has 0 spiro atoms. The summed E-state index contributed by atoms with van der Waals surface area (Å²) in [7, 11) is 0. The number of phenols is 2. The maximum Gasteiger partial charge on any atom is 0.247 e. The van der Waals surface area contributed by atoms with Gasteiger partial charge in [-0.25, -0.2) is 5.43 Å². The van der Waals surface area contributed by atoms with E-state index in [9.17, 15) is 10.2 Å². The van der Waals surface area contributed by atoms with Gasteiger partial charge in [0, 0.05) is 11.8 Å². The summed E-state index contributed by atoms with van der Waals surface area (Å²) >= 11 is 0. The van der Waals surface area contributed by atoms with Gasteiger partial charge in [-0.1, -0.05) is 42.5 Å². The van der Waals surface area contributed by atoms with Crippen molar-refractivity contribution in [1.29, 1.82) is 0 Å². The Kier molecular flexibility index (Phi) is 6.72. The number of nitrogens with one attached hydrogen (secondary N) is 3. The van der Waals surface area contributed by atoms with Gasteiger partial charge in [0.15, 0.2) is 5.82 Å². The SMILES string of the molecule is Oc1cccc(C=NNc2cc(Nc3ccccc3)nc(NN=Cc3cccc(O)c3)n2)c1. The number of aromatic nitrogens is 2. The molecular weight excluding hydrogens is 418 g/mol. The number of hydrazone groups is 2. The van der Waals surface area contributed by atoms with E-state index in [1.165, 1.54) is 0 Å². The van der Waals surface area contributed by atoms with E-state index in [4.69, 9.17) is 0 Å². The van der Waals surface area contributed by atoms with Crippen LogP contribution in [0.3, 0.4) is 0 Å². The lowest BCUT2D eigenvalue weighted by atomic mass is 10.2. The molecule has 0 radical (unpaired) electrons. The van der Waals surface area contributed by atoms with Crippen LogP contribution in [0.2, 0.25) is 0 Å². The van der Waals surface area contributed by atoms with E-state index < -0.39 is 0 Å². The maximum absolute atomic E-state index is 9.58. The zero-order chi connectivity index (χ0) is 22.9. The number of phenolic OH excluding ortho intramolecular Hbond substituents is 2. The second kappa shape index (κ2) is 10.4. The molecule has 4 rings (SSSR count). The van der Waals surface area contributed by atoms with E-state index in [-0.39, 0.29) is 17.4 Å². The van der Waals surface area contributed by atoms with Gasteiger partial charge in [0.1, 0.15) is 17.3 Å². The molecule has 0 saturated carbocycles. The van der Waals surface area contributed by atoms with Gasteiger partial charge < -0.3 is 15.5 Å². The molecule has 0 amide bonds. The Labute approximate surface area is 190 Å². The zero-order valence-corrected chi connectivity index (χ0v) is 17.4. The summed E-state index contributed by atoms with van der Waals surface area (Å²) in [5, 5.41) is 30.7. The third kappa shape index (κ3) is 6.53. The Balaban J connectivity index is 1.53. The highest BCUT2D eigenvalue weighted by atomic mass is 16.3. The standard InChI is InChI=1S/C24H21N7O2/c32-20-10-4-6-17(12-20)15-25-30-23-14-22(27-19-8-2-1-3-9-19)28-24(29-23)31-26-16-18-7-5-11-21(33)13-18/h1-16,32-33H,(H3,27,28,29,30,31). The fraction of sp³-hybridized carbons (Fsp3) is 0. The summed E-state index contributed by atoms with van der Waals surface area (Å²) in [6.07, 6.45) is 3.12. The summed E-state index contributed by atoms with van der Waals surface area (Å²) in [5.74, 6) is 1.50. The minimum absolute atomic E-state index is 0.153. The first-order valence-electron chi connectivity index (χ1n) is 10.0. The minimum atomic E-state index is 0.153. The van der Waals surface area contributed by atoms with Gasteiger partial charge in [0.25, 0.3) is 0 Å². The predicted molar refractivity (Wildman–Crippen MR) is 130 cm³/mol. The van der Waals surface area contributed by atoms with Crippen molar-refractivity contribution in [3.8, 4) is 11.5 Å². The minimum Gasteiger partial charge on any atom is -0.508 e. The molecule has 33 heavy (non-hydrogen) atoms. The maximum atomic E-state index is 9.58. The molecule has 5 N–H and O–H groups in total. The van der Waals surface area contributed by atoms with Crippen LogP contribution in [0.5, 0.6) is 11.5 Å². The van der Waals surface area contributed by atoms with Crippen molar-refractivity contribution in [3.05, 3.63) is 96.1 Å². The summed E-state index contributed by atoms with van der Waals surface area (Å²) in [6.45, 7) is 0. The molecule has 4 aromatic rings. The van der Waals surface area contributed by atoms with Crippen LogP contribution in [0, 0.1) is 0 Å². The highest BCUT2D eigenvalue weighted by molar-refractivity contribution is 5.81. The number of hydrogen-bond donors (Lipinski definition) is 5. The van der Waals surface area contributed by atoms with Gasteiger partial charge in [0.05, 0.1) is 12.4 Å². The molecule has 9 heteroatoms. The van der Waals surface area contributed by atoms with Crippen LogP contribution in [-0.2, 0) is 0 Å². The van der Waals surface area contributed by atoms with Crippen LogP contribution in [0.15, 0.2) is 95.1 Å². The van der Waals surface area contributed by atoms with Crippen molar-refractivity contribution in [2.75, 3.05) is 16.2 Å². The van der Waals surface area contributed by atoms with Crippen molar-refractivity contribution in [2.45, 2.75) is 0 Å². The van der Waals surface area contributed by atoms with Crippen LogP contribution in [0.1, 0.15) is 11.1 Å². The van der Waals surface area contributed by atoms with Crippen molar-refractivity contribution in [2.24, 2.45) is 10.2 Å². The van der Waals surface area contributed by atoms with E-state index in [0.717, 1.165) is 16.8 Å². The summed E-state index contributed by atoms with van der Waals surface area (Å²) in [5.41, 5.74) is 7.97. The smallest absolute Gasteiger partial charge is 0.247 e. The Morgan fingerprint density at radius 2 is 1.24 bits per heavy atom. The van der Waals surface area contributed by atoms with E-state index in [2.05, 4.69) is 36.3 Å². The number of hydrogen-bond acceptors (Lipinski definition) is 9. The molecule has 0 aliphatic carbocycles. The summed E-state index contributed by atoms with van der Waals surface area (Å²) in [6, 6.07) is 24.7. The molecule has 0 fully saturated rings. The highest BCUT2D eigenvalue weighted by Crippen LogP contribution is 2.19. The Morgan fingerprint density at radius 1 is 0.636 bits per heavy atom. The fourth-order valence-corrected chi connectivity index (χ4v) is 2.84. The first kappa shape index (κ1) is 21.3. The van der Waals surface area contributed by atoms with E-state index in [1.807, 2.05) is 42.5 Å². The number of benzene rings is 3. The van der Waals surface area contributed by atoms with Crippen molar-refractivity contribution >= 4 is 35.7 Å². The topological polar surface area (TPSA) is 127 Å². The van der Waals surface area contributed by atoms with Crippen LogP contribution in [0.25, 0.3) is 0 Å². The molecule has 0 unspecified atom stereocenters. The van der Waals surface area contributed by atoms with Crippen LogP contribution in [-0.4, -0.2) is 32.6 Å². The van der Waals surface area contributed by atoms with Crippen molar-refractivity contribution in [1.82, 2.24) is 9.97 Å². The van der Waals surface area contributed by atoms with Gasteiger partial charge in [-0.05, 0) is 47.5 Å². The number of anilines is 4. The van der Waals surface area contributed by atoms with Gasteiger partial charge in [-0.15, -0.1) is 0 Å². The molecule has 1 heterocycles. The third-order valence-corrected chi connectivity index (χ3v) is 4.28. The third-order valence-electron chi connectivity index (χ3n) is 4.28. The monoisotopic (exact) mass is 439 g/mol. The van der Waals surface area contributed by atoms with Crippen molar-refractivity contribution in [3.63, 3.8) is 0 Å². The molecule has 0 atom stereocenters. The number of rotatable bonds is 8. The first-order valence-corrected chi connectivity index (χ1v) is 10.0. The number of aromatic hydroxyl groups is 2. The van der Waals surface area contributed by atoms with E-state index in [1.54, 1.807) is 54.9 Å². The Morgan fingerprint density at radius 3 is 1.88 bits per heavy atom. The normalized spacial score (nSPS) is 11.0. The predicted octanol–water partition coefficient (Wildman–Crippen LogP) is 4.52. The zero-order valence-electron chi connectivity index (χ0n) is 17.4. The van der Waals surface area contributed by atoms with Crippen molar-refractivity contribution < 1.29 is 10.2 Å². The van der Waals surface area contributed by atoms with E-state index in [0.29, 0.717) is 11.6 Å². The van der Waals surface area contributed by atoms with Crippen LogP contribution < -0.4 is 16.2 Å². The lowest BCUT2D eigenvalue weighted by Crippen LogP contribution is -2.04. The van der Waals surface area contributed by atoms with Crippen LogP contribution >= 0.6 is 0 Å². The lowest BCUT2D eigenvalue weighted by molar-refractivity contribution is 0.474. The highest BCUT2D eigenvalue weighted by Gasteiger charge is 2.05. The largest absolute Gasteiger partial charge is 0.508 e. The van der Waals surface area contributed by atoms with Crippen LogP contribution in [0.4, 0.5) is 23.3 Å². The van der Waals surface area contributed by atoms with Gasteiger partial charge in [-0.3, -0.25) is 5.43 Å². The van der Waals surface area contributed by atoms with E-state index >= 15 is 0 Å². The second-order valence-electron chi connectivity index (χ2n) is 6.88. The second-order valence-corrected chi connectivity index (χ2v) is 6.88. The Bertz CT molecular complexity index is 1200. The molecule has 3 aromatic carbocycles.